The lowest BCUT2D eigenvalue weighted by Crippen LogP contribution is -2.10. The maximum Gasteiger partial charge on any atom is 0.337 e. The van der Waals surface area contributed by atoms with Gasteiger partial charge in [-0.1, -0.05) is 0 Å². The first-order valence-corrected chi connectivity index (χ1v) is 6.24. The molecule has 0 aliphatic carbocycles. The summed E-state index contributed by atoms with van der Waals surface area (Å²) in [5, 5.41) is 15.0. The predicted octanol–water partition coefficient (Wildman–Crippen LogP) is 2.60. The summed E-state index contributed by atoms with van der Waals surface area (Å²) < 4.78 is 0. The molecule has 0 aliphatic heterocycles. The summed E-state index contributed by atoms with van der Waals surface area (Å²) in [5.74, 6) is -1.00. The molecule has 5 nitrogen and oxygen atoms in total. The summed E-state index contributed by atoms with van der Waals surface area (Å²) in [6.45, 7) is 1.93. The summed E-state index contributed by atoms with van der Waals surface area (Å²) in [6, 6.07) is 4.73. The number of carboxylic acid groups (broad SMARTS) is 1. The van der Waals surface area contributed by atoms with E-state index in [9.17, 15) is 4.79 Å². The molecule has 0 bridgehead atoms. The smallest absolute Gasteiger partial charge is 0.337 e. The van der Waals surface area contributed by atoms with Crippen molar-refractivity contribution in [1.82, 2.24) is 4.98 Å². The Labute approximate surface area is 108 Å². The quantitative estimate of drug-likeness (QED) is 0.738. The van der Waals surface area contributed by atoms with Crippen molar-refractivity contribution in [3.63, 3.8) is 0 Å². The molecule has 1 heterocycles. The molecule has 1 aromatic heterocycles. The van der Waals surface area contributed by atoms with Gasteiger partial charge in [0.15, 0.2) is 0 Å². The number of aromatic nitrogens is 1. The van der Waals surface area contributed by atoms with Crippen LogP contribution in [0, 0.1) is 0 Å². The first kappa shape index (κ1) is 12.4. The van der Waals surface area contributed by atoms with Crippen molar-refractivity contribution in [1.29, 1.82) is 0 Å². The van der Waals surface area contributed by atoms with Gasteiger partial charge in [-0.2, -0.15) is 0 Å². The molecule has 0 fully saturated rings. The molecule has 6 heteroatoms. The Morgan fingerprint density at radius 3 is 2.94 bits per heavy atom. The van der Waals surface area contributed by atoms with Crippen LogP contribution in [0.3, 0.4) is 0 Å². The zero-order valence-corrected chi connectivity index (χ0v) is 10.6. The first-order valence-electron chi connectivity index (χ1n) is 5.36. The summed E-state index contributed by atoms with van der Waals surface area (Å²) in [4.78, 5) is 15.3. The van der Waals surface area contributed by atoms with E-state index in [-0.39, 0.29) is 11.6 Å². The largest absolute Gasteiger partial charge is 0.478 e. The molecule has 94 valence electrons. The van der Waals surface area contributed by atoms with Crippen molar-refractivity contribution >= 4 is 28.7 Å². The molecule has 0 radical (unpaired) electrons. The summed E-state index contributed by atoms with van der Waals surface area (Å²) in [5.41, 5.74) is 6.73. The summed E-state index contributed by atoms with van der Waals surface area (Å²) in [6.07, 6.45) is 1.72. The highest BCUT2D eigenvalue weighted by atomic mass is 32.1. The molecule has 0 saturated heterocycles. The Kier molecular flexibility index (Phi) is 3.47. The van der Waals surface area contributed by atoms with Crippen LogP contribution in [-0.2, 0) is 0 Å². The number of aromatic carboxylic acids is 1. The molecule has 2 aromatic rings. The topological polar surface area (TPSA) is 88.2 Å². The zero-order chi connectivity index (χ0) is 13.1. The maximum atomic E-state index is 11.1. The van der Waals surface area contributed by atoms with Crippen molar-refractivity contribution in [3.8, 4) is 0 Å². The maximum absolute atomic E-state index is 11.1. The fraction of sp³-hybridized carbons (Fsp3) is 0.167. The number of hydrogen-bond acceptors (Lipinski definition) is 5. The van der Waals surface area contributed by atoms with Crippen LogP contribution < -0.4 is 11.1 Å². The van der Waals surface area contributed by atoms with Crippen LogP contribution >= 0.6 is 11.3 Å². The second kappa shape index (κ2) is 5.05. The molecular formula is C12H13N3O2S. The highest BCUT2D eigenvalue weighted by molar-refractivity contribution is 7.09. The van der Waals surface area contributed by atoms with E-state index < -0.39 is 5.97 Å². The zero-order valence-electron chi connectivity index (χ0n) is 9.75. The Bertz CT molecular complexity index is 554. The SMILES string of the molecule is CC(Nc1ccc(N)cc1C(=O)O)c1nccs1. The molecule has 4 N–H and O–H groups in total. The Morgan fingerprint density at radius 1 is 1.56 bits per heavy atom. The van der Waals surface area contributed by atoms with Crippen LogP contribution in [0.5, 0.6) is 0 Å². The van der Waals surface area contributed by atoms with E-state index in [1.807, 2.05) is 12.3 Å². The number of carbonyl (C=O) groups is 1. The average Bonchev–Trinajstić information content (AvgIpc) is 2.84. The number of thiazole rings is 1. The predicted molar refractivity (Wildman–Crippen MR) is 72.0 cm³/mol. The molecule has 1 aromatic carbocycles. The lowest BCUT2D eigenvalue weighted by atomic mass is 10.1. The highest BCUT2D eigenvalue weighted by Gasteiger charge is 2.14. The normalized spacial score (nSPS) is 12.1. The summed E-state index contributed by atoms with van der Waals surface area (Å²) in [7, 11) is 0. The number of carboxylic acids is 1. The van der Waals surface area contributed by atoms with Gasteiger partial charge in [0.25, 0.3) is 0 Å². The third kappa shape index (κ3) is 2.60. The van der Waals surface area contributed by atoms with E-state index in [2.05, 4.69) is 10.3 Å². The molecule has 1 unspecified atom stereocenters. The van der Waals surface area contributed by atoms with E-state index in [0.29, 0.717) is 11.4 Å². The van der Waals surface area contributed by atoms with E-state index in [1.54, 1.807) is 18.3 Å². The van der Waals surface area contributed by atoms with Crippen LogP contribution in [0.4, 0.5) is 11.4 Å². The van der Waals surface area contributed by atoms with Gasteiger partial charge in [-0.05, 0) is 25.1 Å². The van der Waals surface area contributed by atoms with Gasteiger partial charge < -0.3 is 16.2 Å². The van der Waals surface area contributed by atoms with Gasteiger partial charge in [0, 0.05) is 23.0 Å². The van der Waals surface area contributed by atoms with Crippen molar-refractivity contribution < 1.29 is 9.90 Å². The number of nitrogens with zero attached hydrogens (tertiary/aromatic N) is 1. The number of nitrogens with one attached hydrogen (secondary N) is 1. The number of anilines is 2. The average molecular weight is 263 g/mol. The summed E-state index contributed by atoms with van der Waals surface area (Å²) >= 11 is 1.52. The molecule has 0 saturated carbocycles. The van der Waals surface area contributed by atoms with E-state index in [0.717, 1.165) is 5.01 Å². The molecule has 2 rings (SSSR count). The molecule has 18 heavy (non-hydrogen) atoms. The number of hydrogen-bond donors (Lipinski definition) is 3. The minimum atomic E-state index is -1.00. The molecule has 1 atom stereocenters. The highest BCUT2D eigenvalue weighted by Crippen LogP contribution is 2.25. The van der Waals surface area contributed by atoms with E-state index >= 15 is 0 Å². The van der Waals surface area contributed by atoms with Crippen molar-refractivity contribution in [2.24, 2.45) is 0 Å². The first-order chi connectivity index (χ1) is 8.58. The van der Waals surface area contributed by atoms with Gasteiger partial charge >= 0.3 is 5.97 Å². The molecule has 0 spiro atoms. The minimum Gasteiger partial charge on any atom is -0.478 e. The lowest BCUT2D eigenvalue weighted by molar-refractivity contribution is 0.0698. The second-order valence-corrected chi connectivity index (χ2v) is 4.77. The fourth-order valence-electron chi connectivity index (χ4n) is 1.61. The molecule has 0 aliphatic rings. The minimum absolute atomic E-state index is 0.0493. The van der Waals surface area contributed by atoms with Crippen LogP contribution in [0.1, 0.15) is 28.3 Å². The Balaban J connectivity index is 2.26. The van der Waals surface area contributed by atoms with Gasteiger partial charge in [-0.25, -0.2) is 9.78 Å². The second-order valence-electron chi connectivity index (χ2n) is 3.85. The van der Waals surface area contributed by atoms with Crippen LogP contribution in [-0.4, -0.2) is 16.1 Å². The van der Waals surface area contributed by atoms with Crippen molar-refractivity contribution in [3.05, 3.63) is 40.3 Å². The standard InChI is InChI=1S/C12H13N3O2S/c1-7(11-14-4-5-18-11)15-10-3-2-8(13)6-9(10)12(16)17/h2-7,15H,13H2,1H3,(H,16,17). The molecule has 0 amide bonds. The van der Waals surface area contributed by atoms with E-state index in [4.69, 9.17) is 10.8 Å². The Morgan fingerprint density at radius 2 is 2.33 bits per heavy atom. The van der Waals surface area contributed by atoms with Gasteiger partial charge in [-0.15, -0.1) is 11.3 Å². The lowest BCUT2D eigenvalue weighted by Gasteiger charge is -2.15. The van der Waals surface area contributed by atoms with Gasteiger partial charge in [0.05, 0.1) is 11.6 Å². The number of nitrogens with two attached hydrogens (primary N) is 1. The number of benzene rings is 1. The fourth-order valence-corrected chi connectivity index (χ4v) is 2.25. The monoisotopic (exact) mass is 263 g/mol. The van der Waals surface area contributed by atoms with Crippen LogP contribution in [0.2, 0.25) is 0 Å². The van der Waals surface area contributed by atoms with Gasteiger partial charge in [-0.3, -0.25) is 0 Å². The number of nitrogen functional groups attached to an aromatic ring is 1. The van der Waals surface area contributed by atoms with E-state index in [1.165, 1.54) is 17.4 Å². The molecular weight excluding hydrogens is 250 g/mol. The van der Waals surface area contributed by atoms with Crippen molar-refractivity contribution in [2.75, 3.05) is 11.1 Å². The van der Waals surface area contributed by atoms with Gasteiger partial charge in [0.1, 0.15) is 5.01 Å². The van der Waals surface area contributed by atoms with Crippen LogP contribution in [0.15, 0.2) is 29.8 Å². The Hall–Kier alpha value is -2.08. The number of rotatable bonds is 4. The van der Waals surface area contributed by atoms with Gasteiger partial charge in [0.2, 0.25) is 0 Å². The van der Waals surface area contributed by atoms with Crippen LogP contribution in [0.25, 0.3) is 0 Å². The third-order valence-corrected chi connectivity index (χ3v) is 3.43. The third-order valence-electron chi connectivity index (χ3n) is 2.47. The van der Waals surface area contributed by atoms with Crippen molar-refractivity contribution in [2.45, 2.75) is 13.0 Å².